The number of rotatable bonds is 4. The summed E-state index contributed by atoms with van der Waals surface area (Å²) in [6.07, 6.45) is 6.56. The zero-order chi connectivity index (χ0) is 16.4. The monoisotopic (exact) mass is 341 g/mol. The van der Waals surface area contributed by atoms with Crippen LogP contribution in [0.4, 0.5) is 0 Å². The first kappa shape index (κ1) is 17.0. The molecule has 1 aliphatic carbocycles. The van der Waals surface area contributed by atoms with Crippen LogP contribution in [0.5, 0.6) is 0 Å². The number of morpholine rings is 1. The molecule has 0 aromatic rings. The molecule has 2 amide bonds. The van der Waals surface area contributed by atoms with E-state index in [1.54, 1.807) is 11.8 Å². The summed E-state index contributed by atoms with van der Waals surface area (Å²) in [7, 11) is 1.98. The third-order valence-electron chi connectivity index (χ3n) is 5.20. The molecule has 0 aromatic heterocycles. The maximum Gasteiger partial charge on any atom is 0.239 e. The van der Waals surface area contributed by atoms with Crippen LogP contribution in [-0.2, 0) is 14.3 Å². The second kappa shape index (κ2) is 6.99. The first-order chi connectivity index (χ1) is 11.0. The Kier molecular flexibility index (Phi) is 5.18. The van der Waals surface area contributed by atoms with Crippen molar-refractivity contribution in [2.24, 2.45) is 0 Å². The molecule has 0 aromatic carbocycles. The molecule has 1 spiro atoms. The fourth-order valence-electron chi connectivity index (χ4n) is 3.87. The van der Waals surface area contributed by atoms with Crippen LogP contribution in [0.15, 0.2) is 0 Å². The Morgan fingerprint density at radius 2 is 1.96 bits per heavy atom. The number of nitrogens with one attached hydrogen (secondary N) is 1. The highest BCUT2D eigenvalue weighted by Crippen LogP contribution is 2.31. The van der Waals surface area contributed by atoms with Crippen LogP contribution in [0.3, 0.4) is 0 Å². The van der Waals surface area contributed by atoms with Crippen molar-refractivity contribution in [3.8, 4) is 0 Å². The molecule has 23 heavy (non-hydrogen) atoms. The Morgan fingerprint density at radius 1 is 1.26 bits per heavy atom. The third-order valence-corrected chi connectivity index (χ3v) is 5.74. The molecule has 6 nitrogen and oxygen atoms in total. The Bertz CT molecular complexity index is 461. The summed E-state index contributed by atoms with van der Waals surface area (Å²) >= 11 is 1.55. The van der Waals surface area contributed by atoms with Gasteiger partial charge in [-0.2, -0.15) is 11.8 Å². The van der Waals surface area contributed by atoms with Crippen LogP contribution in [0.1, 0.15) is 25.7 Å². The van der Waals surface area contributed by atoms with E-state index in [4.69, 9.17) is 4.74 Å². The molecule has 2 saturated heterocycles. The van der Waals surface area contributed by atoms with E-state index >= 15 is 0 Å². The number of nitrogens with zero attached hydrogens (tertiary/aromatic N) is 2. The predicted molar refractivity (Wildman–Crippen MR) is 90.5 cm³/mol. The number of hydrogen-bond donors (Lipinski definition) is 1. The van der Waals surface area contributed by atoms with E-state index in [0.717, 1.165) is 12.8 Å². The molecule has 2 heterocycles. The molecule has 0 unspecified atom stereocenters. The first-order valence-electron chi connectivity index (χ1n) is 8.44. The van der Waals surface area contributed by atoms with Gasteiger partial charge in [-0.3, -0.25) is 14.5 Å². The fourth-order valence-corrected chi connectivity index (χ4v) is 4.30. The summed E-state index contributed by atoms with van der Waals surface area (Å²) in [5.41, 5.74) is -0.271. The first-order valence-corrected chi connectivity index (χ1v) is 9.84. The minimum absolute atomic E-state index is 0.0869. The molecule has 1 saturated carbocycles. The highest BCUT2D eigenvalue weighted by atomic mass is 32.2. The van der Waals surface area contributed by atoms with Crippen molar-refractivity contribution in [2.75, 3.05) is 45.3 Å². The normalized spacial score (nSPS) is 27.9. The van der Waals surface area contributed by atoms with Crippen molar-refractivity contribution >= 4 is 23.6 Å². The molecule has 0 radical (unpaired) electrons. The van der Waals surface area contributed by atoms with Gasteiger partial charge < -0.3 is 15.0 Å². The zero-order valence-electron chi connectivity index (χ0n) is 14.0. The maximum atomic E-state index is 12.4. The molecule has 1 atom stereocenters. The molecule has 7 heteroatoms. The number of likely N-dealkylation sites (tertiary alicyclic amines) is 1. The van der Waals surface area contributed by atoms with Gasteiger partial charge in [0.25, 0.3) is 0 Å². The van der Waals surface area contributed by atoms with Gasteiger partial charge in [-0.25, -0.2) is 0 Å². The lowest BCUT2D eigenvalue weighted by atomic mass is 9.90. The number of thioether (sulfide) groups is 1. The molecule has 3 aliphatic rings. The lowest BCUT2D eigenvalue weighted by molar-refractivity contribution is -0.200. The summed E-state index contributed by atoms with van der Waals surface area (Å²) < 4.78 is 6.03. The topological polar surface area (TPSA) is 61.9 Å². The van der Waals surface area contributed by atoms with Crippen molar-refractivity contribution < 1.29 is 14.3 Å². The fraction of sp³-hybridized carbons (Fsp3) is 0.875. The van der Waals surface area contributed by atoms with Crippen LogP contribution in [-0.4, -0.2) is 84.6 Å². The summed E-state index contributed by atoms with van der Waals surface area (Å²) in [5.74, 6) is 0.789. The standard InChI is InChI=1S/C16H27N3O3S/c1-18-9-16(10-19(11-16)14(20)8-23-2)22-7-13(18)15(21)17-12-5-3-4-6-12/h12-13H,3-11H2,1-2H3,(H,17,21)/t13-/m1/s1. The van der Waals surface area contributed by atoms with E-state index in [9.17, 15) is 9.59 Å². The molecule has 3 rings (SSSR count). The van der Waals surface area contributed by atoms with Gasteiger partial charge in [0.15, 0.2) is 0 Å². The van der Waals surface area contributed by atoms with Gasteiger partial charge >= 0.3 is 0 Å². The summed E-state index contributed by atoms with van der Waals surface area (Å²) in [5, 5.41) is 3.16. The van der Waals surface area contributed by atoms with Gasteiger partial charge in [0.2, 0.25) is 11.8 Å². The van der Waals surface area contributed by atoms with Gasteiger partial charge in [-0.15, -0.1) is 0 Å². The van der Waals surface area contributed by atoms with Crippen LogP contribution >= 0.6 is 11.8 Å². The second-order valence-corrected chi connectivity index (χ2v) is 7.96. The number of amides is 2. The van der Waals surface area contributed by atoms with Crippen LogP contribution in [0.2, 0.25) is 0 Å². The number of carbonyl (C=O) groups excluding carboxylic acids is 2. The number of carbonyl (C=O) groups is 2. The maximum absolute atomic E-state index is 12.4. The second-order valence-electron chi connectivity index (χ2n) is 7.10. The van der Waals surface area contributed by atoms with E-state index in [1.807, 2.05) is 18.2 Å². The Morgan fingerprint density at radius 3 is 2.57 bits per heavy atom. The summed E-state index contributed by atoms with van der Waals surface area (Å²) in [6.45, 7) is 2.42. The smallest absolute Gasteiger partial charge is 0.239 e. The number of ether oxygens (including phenoxy) is 1. The van der Waals surface area contributed by atoms with Gasteiger partial charge in [0, 0.05) is 12.6 Å². The van der Waals surface area contributed by atoms with Gasteiger partial charge in [0.05, 0.1) is 25.4 Å². The average Bonchev–Trinajstić information content (AvgIpc) is 2.97. The molecular formula is C16H27N3O3S. The van der Waals surface area contributed by atoms with Crippen LogP contribution < -0.4 is 5.32 Å². The highest BCUT2D eigenvalue weighted by molar-refractivity contribution is 7.99. The minimum Gasteiger partial charge on any atom is -0.368 e. The Hall–Kier alpha value is -0.790. The molecule has 3 fully saturated rings. The quantitative estimate of drug-likeness (QED) is 0.798. The number of hydrogen-bond acceptors (Lipinski definition) is 5. The van der Waals surface area contributed by atoms with Crippen LogP contribution in [0, 0.1) is 0 Å². The molecule has 0 bridgehead atoms. The van der Waals surface area contributed by atoms with E-state index in [2.05, 4.69) is 10.2 Å². The molecule has 2 aliphatic heterocycles. The number of likely N-dealkylation sites (N-methyl/N-ethyl adjacent to an activating group) is 1. The van der Waals surface area contributed by atoms with E-state index in [-0.39, 0.29) is 23.5 Å². The summed E-state index contributed by atoms with van der Waals surface area (Å²) in [6, 6.07) is 0.132. The lowest BCUT2D eigenvalue weighted by Gasteiger charge is -2.54. The zero-order valence-corrected chi connectivity index (χ0v) is 14.9. The largest absolute Gasteiger partial charge is 0.368 e. The van der Waals surface area contributed by atoms with Crippen molar-refractivity contribution in [3.05, 3.63) is 0 Å². The van der Waals surface area contributed by atoms with E-state index in [0.29, 0.717) is 38.0 Å². The van der Waals surface area contributed by atoms with E-state index in [1.165, 1.54) is 12.8 Å². The van der Waals surface area contributed by atoms with Crippen molar-refractivity contribution in [3.63, 3.8) is 0 Å². The third kappa shape index (κ3) is 3.67. The molecule has 130 valence electrons. The predicted octanol–water partition coefficient (Wildman–Crippen LogP) is 0.320. The van der Waals surface area contributed by atoms with Crippen LogP contribution in [0.25, 0.3) is 0 Å². The van der Waals surface area contributed by atoms with Gasteiger partial charge in [0.1, 0.15) is 11.6 Å². The van der Waals surface area contributed by atoms with Crippen molar-refractivity contribution in [1.29, 1.82) is 0 Å². The minimum atomic E-state index is -0.271. The Labute approximate surface area is 142 Å². The lowest BCUT2D eigenvalue weighted by Crippen LogP contribution is -2.73. The SMILES string of the molecule is CSCC(=O)N1CC2(C1)CN(C)[C@@H](C(=O)NC1CCCC1)CO2. The van der Waals surface area contributed by atoms with Gasteiger partial charge in [-0.1, -0.05) is 12.8 Å². The van der Waals surface area contributed by atoms with Gasteiger partial charge in [-0.05, 0) is 26.1 Å². The molecular weight excluding hydrogens is 314 g/mol. The van der Waals surface area contributed by atoms with Crippen molar-refractivity contribution in [1.82, 2.24) is 15.1 Å². The van der Waals surface area contributed by atoms with Crippen molar-refractivity contribution in [2.45, 2.75) is 43.4 Å². The highest BCUT2D eigenvalue weighted by Gasteiger charge is 2.51. The molecule has 1 N–H and O–H groups in total. The summed E-state index contributed by atoms with van der Waals surface area (Å²) in [4.78, 5) is 28.2. The average molecular weight is 341 g/mol. The van der Waals surface area contributed by atoms with E-state index < -0.39 is 0 Å². The Balaban J connectivity index is 1.48.